The van der Waals surface area contributed by atoms with Gasteiger partial charge in [0, 0.05) is 0 Å². The molecular formula is C11H11ClN4O2. The molecule has 0 radical (unpaired) electrons. The van der Waals surface area contributed by atoms with Gasteiger partial charge in [-0.3, -0.25) is 0 Å². The fourth-order valence-corrected chi connectivity index (χ4v) is 1.54. The second-order valence-electron chi connectivity index (χ2n) is 3.37. The Morgan fingerprint density at radius 2 is 2.17 bits per heavy atom. The fourth-order valence-electron chi connectivity index (χ4n) is 1.32. The van der Waals surface area contributed by atoms with Crippen LogP contribution in [0.4, 0.5) is 0 Å². The molecule has 18 heavy (non-hydrogen) atoms. The number of aromatic nitrogens is 3. The van der Waals surface area contributed by atoms with E-state index >= 15 is 0 Å². The summed E-state index contributed by atoms with van der Waals surface area (Å²) >= 11 is 5.89. The van der Waals surface area contributed by atoms with Gasteiger partial charge in [-0.1, -0.05) is 11.6 Å². The van der Waals surface area contributed by atoms with Gasteiger partial charge in [0.05, 0.1) is 17.8 Å². The van der Waals surface area contributed by atoms with E-state index in [1.165, 1.54) is 17.3 Å². The number of benzene rings is 1. The van der Waals surface area contributed by atoms with E-state index in [4.69, 9.17) is 16.3 Å². The first-order valence-electron chi connectivity index (χ1n) is 5.25. The number of ether oxygens (including phenoxy) is 1. The molecule has 7 heteroatoms. The molecule has 1 aromatic heterocycles. The third-order valence-electron chi connectivity index (χ3n) is 2.10. The topological polar surface area (TPSA) is 72.5 Å². The van der Waals surface area contributed by atoms with Crippen LogP contribution in [0.1, 0.15) is 12.5 Å². The fraction of sp³-hybridized carbons (Fsp3) is 0.182. The zero-order valence-corrected chi connectivity index (χ0v) is 10.4. The molecule has 2 aromatic rings. The highest BCUT2D eigenvalue weighted by molar-refractivity contribution is 6.32. The highest BCUT2D eigenvalue weighted by Crippen LogP contribution is 2.34. The lowest BCUT2D eigenvalue weighted by atomic mass is 10.2. The van der Waals surface area contributed by atoms with Crippen LogP contribution < -0.4 is 4.74 Å². The molecule has 0 aliphatic heterocycles. The van der Waals surface area contributed by atoms with Crippen molar-refractivity contribution in [3.8, 4) is 11.5 Å². The normalized spacial score (nSPS) is 11.0. The average Bonchev–Trinajstić information content (AvgIpc) is 2.86. The summed E-state index contributed by atoms with van der Waals surface area (Å²) in [6.45, 7) is 2.27. The van der Waals surface area contributed by atoms with Crippen LogP contribution in [0, 0.1) is 0 Å². The number of hydrogen-bond donors (Lipinski definition) is 1. The molecule has 0 aliphatic carbocycles. The van der Waals surface area contributed by atoms with Crippen molar-refractivity contribution in [1.82, 2.24) is 14.9 Å². The average molecular weight is 267 g/mol. The summed E-state index contributed by atoms with van der Waals surface area (Å²) in [5, 5.41) is 21.2. The molecule has 1 heterocycles. The Morgan fingerprint density at radius 3 is 2.83 bits per heavy atom. The van der Waals surface area contributed by atoms with E-state index in [2.05, 4.69) is 15.3 Å². The van der Waals surface area contributed by atoms with E-state index in [0.29, 0.717) is 17.9 Å². The van der Waals surface area contributed by atoms with Crippen LogP contribution in [-0.2, 0) is 0 Å². The van der Waals surface area contributed by atoms with Gasteiger partial charge in [-0.05, 0) is 24.6 Å². The van der Waals surface area contributed by atoms with Crippen LogP contribution >= 0.6 is 11.6 Å². The van der Waals surface area contributed by atoms with E-state index in [9.17, 15) is 5.11 Å². The Labute approximate surface area is 108 Å². The predicted molar refractivity (Wildman–Crippen MR) is 67.3 cm³/mol. The summed E-state index contributed by atoms with van der Waals surface area (Å²) in [5.74, 6) is 0.259. The van der Waals surface area contributed by atoms with Crippen molar-refractivity contribution >= 4 is 17.8 Å². The lowest BCUT2D eigenvalue weighted by Crippen LogP contribution is -1.94. The quantitative estimate of drug-likeness (QED) is 0.858. The van der Waals surface area contributed by atoms with Gasteiger partial charge < -0.3 is 9.84 Å². The van der Waals surface area contributed by atoms with E-state index in [0.717, 1.165) is 0 Å². The molecule has 0 bridgehead atoms. The molecule has 6 nitrogen and oxygen atoms in total. The molecule has 94 valence electrons. The third kappa shape index (κ3) is 2.78. The van der Waals surface area contributed by atoms with E-state index in [1.807, 2.05) is 6.92 Å². The number of hydrogen-bond acceptors (Lipinski definition) is 5. The lowest BCUT2D eigenvalue weighted by Gasteiger charge is -2.07. The van der Waals surface area contributed by atoms with Crippen molar-refractivity contribution in [3.05, 3.63) is 35.4 Å². The van der Waals surface area contributed by atoms with Crippen molar-refractivity contribution in [2.75, 3.05) is 6.61 Å². The maximum absolute atomic E-state index is 9.68. The number of phenols is 1. The molecule has 0 fully saturated rings. The summed E-state index contributed by atoms with van der Waals surface area (Å²) in [6.07, 6.45) is 4.49. The van der Waals surface area contributed by atoms with Gasteiger partial charge in [0.2, 0.25) is 0 Å². The van der Waals surface area contributed by atoms with Gasteiger partial charge in [-0.25, -0.2) is 4.68 Å². The van der Waals surface area contributed by atoms with Crippen LogP contribution in [0.25, 0.3) is 0 Å². The van der Waals surface area contributed by atoms with Gasteiger partial charge in [-0.2, -0.15) is 5.10 Å². The number of aromatic hydroxyl groups is 1. The standard InChI is InChI=1S/C11H11ClN4O2/c1-2-18-10-4-8(3-9(12)11(10)17)5-15-16-6-13-14-7-16/h3-7,17H,2H2,1H3/b15-5+. The second-order valence-corrected chi connectivity index (χ2v) is 3.78. The smallest absolute Gasteiger partial charge is 0.176 e. The molecule has 0 saturated heterocycles. The summed E-state index contributed by atoms with van der Waals surface area (Å²) in [6, 6.07) is 3.24. The van der Waals surface area contributed by atoms with Crippen molar-refractivity contribution in [2.24, 2.45) is 5.10 Å². The summed E-state index contributed by atoms with van der Waals surface area (Å²) in [4.78, 5) is 0. The van der Waals surface area contributed by atoms with Crippen molar-refractivity contribution in [1.29, 1.82) is 0 Å². The largest absolute Gasteiger partial charge is 0.503 e. The number of rotatable bonds is 4. The molecule has 0 atom stereocenters. The Hall–Kier alpha value is -2.08. The zero-order valence-electron chi connectivity index (χ0n) is 9.62. The van der Waals surface area contributed by atoms with Gasteiger partial charge >= 0.3 is 0 Å². The Kier molecular flexibility index (Phi) is 3.78. The predicted octanol–water partition coefficient (Wildman–Crippen LogP) is 1.92. The minimum absolute atomic E-state index is 0.0695. The van der Waals surface area contributed by atoms with Gasteiger partial charge in [0.1, 0.15) is 12.7 Å². The van der Waals surface area contributed by atoms with Crippen molar-refractivity contribution in [3.63, 3.8) is 0 Å². The maximum Gasteiger partial charge on any atom is 0.176 e. The van der Waals surface area contributed by atoms with Crippen LogP contribution in [0.2, 0.25) is 5.02 Å². The number of phenolic OH excluding ortho intramolecular Hbond substituents is 1. The molecular weight excluding hydrogens is 256 g/mol. The number of nitrogens with zero attached hydrogens (tertiary/aromatic N) is 4. The summed E-state index contributed by atoms with van der Waals surface area (Å²) in [7, 11) is 0. The highest BCUT2D eigenvalue weighted by atomic mass is 35.5. The van der Waals surface area contributed by atoms with Crippen LogP contribution in [-0.4, -0.2) is 32.8 Å². The number of halogens is 1. The van der Waals surface area contributed by atoms with Gasteiger partial charge in [0.15, 0.2) is 11.5 Å². The van der Waals surface area contributed by atoms with Crippen molar-refractivity contribution in [2.45, 2.75) is 6.92 Å². The van der Waals surface area contributed by atoms with E-state index in [-0.39, 0.29) is 10.8 Å². The second kappa shape index (κ2) is 5.50. The Bertz CT molecular complexity index is 554. The van der Waals surface area contributed by atoms with E-state index < -0.39 is 0 Å². The molecule has 1 aromatic carbocycles. The van der Waals surface area contributed by atoms with Crippen LogP contribution in [0.5, 0.6) is 11.5 Å². The van der Waals surface area contributed by atoms with Crippen molar-refractivity contribution < 1.29 is 9.84 Å². The maximum atomic E-state index is 9.68. The molecule has 0 saturated carbocycles. The molecule has 0 unspecified atom stereocenters. The summed E-state index contributed by atoms with van der Waals surface area (Å²) in [5.41, 5.74) is 0.704. The monoisotopic (exact) mass is 266 g/mol. The first-order chi connectivity index (χ1) is 8.70. The van der Waals surface area contributed by atoms with E-state index in [1.54, 1.807) is 18.3 Å². The first kappa shape index (κ1) is 12.4. The highest BCUT2D eigenvalue weighted by Gasteiger charge is 2.08. The van der Waals surface area contributed by atoms with Crippen LogP contribution in [0.15, 0.2) is 29.9 Å². The minimum atomic E-state index is -0.0695. The SMILES string of the molecule is CCOc1cc(/C=N/n2cnnc2)cc(Cl)c1O. The molecule has 0 amide bonds. The third-order valence-corrected chi connectivity index (χ3v) is 2.39. The zero-order chi connectivity index (χ0) is 13.0. The van der Waals surface area contributed by atoms with Crippen LogP contribution in [0.3, 0.4) is 0 Å². The molecule has 1 N–H and O–H groups in total. The minimum Gasteiger partial charge on any atom is -0.503 e. The molecule has 0 aliphatic rings. The Balaban J connectivity index is 2.28. The summed E-state index contributed by atoms with van der Waals surface area (Å²) < 4.78 is 6.71. The first-order valence-corrected chi connectivity index (χ1v) is 5.62. The Morgan fingerprint density at radius 1 is 1.44 bits per heavy atom. The molecule has 2 rings (SSSR count). The van der Waals surface area contributed by atoms with Gasteiger partial charge in [0.25, 0.3) is 0 Å². The van der Waals surface area contributed by atoms with Gasteiger partial charge in [-0.15, -0.1) is 10.2 Å². The lowest BCUT2D eigenvalue weighted by molar-refractivity contribution is 0.318. The molecule has 0 spiro atoms.